The number of aromatic nitrogens is 4. The molecule has 0 bridgehead atoms. The van der Waals surface area contributed by atoms with Crippen LogP contribution in [0.1, 0.15) is 60.3 Å². The van der Waals surface area contributed by atoms with Crippen LogP contribution in [0.3, 0.4) is 0 Å². The Hall–Kier alpha value is -5.97. The Morgan fingerprint density at radius 1 is 0.984 bits per heavy atom. The lowest BCUT2D eigenvalue weighted by atomic mass is 9.98. The zero-order valence-electron chi connectivity index (χ0n) is 34.2. The Kier molecular flexibility index (Phi) is 14.6. The third kappa shape index (κ3) is 10.9. The molecule has 2 aromatic heterocycles. The maximum Gasteiger partial charge on any atom is 0.409 e. The summed E-state index contributed by atoms with van der Waals surface area (Å²) in [5.41, 5.74) is -0.886. The zero-order chi connectivity index (χ0) is 44.6. The highest BCUT2D eigenvalue weighted by molar-refractivity contribution is 8.01. The summed E-state index contributed by atoms with van der Waals surface area (Å²) in [6.07, 6.45) is -4.18. The molecule has 2 aliphatic rings. The summed E-state index contributed by atoms with van der Waals surface area (Å²) in [4.78, 5) is 80.4. The van der Waals surface area contributed by atoms with Crippen LogP contribution >= 0.6 is 34.9 Å². The number of alkyl carbamates (subject to hydrolysis) is 2. The number of hydrogen-bond acceptors (Lipinski definition) is 16. The largest absolute Gasteiger partial charge is 0.477 e. The fourth-order valence-electron chi connectivity index (χ4n) is 6.37. The maximum absolute atomic E-state index is 13.7. The van der Waals surface area contributed by atoms with E-state index in [1.807, 2.05) is 60.7 Å². The van der Waals surface area contributed by atoms with Crippen molar-refractivity contribution in [3.63, 3.8) is 0 Å². The molecule has 2 aromatic carbocycles. The summed E-state index contributed by atoms with van der Waals surface area (Å²) < 4.78 is 23.5. The van der Waals surface area contributed by atoms with E-state index in [1.54, 1.807) is 40.0 Å². The van der Waals surface area contributed by atoms with Gasteiger partial charge >= 0.3 is 24.1 Å². The van der Waals surface area contributed by atoms with E-state index in [4.69, 9.17) is 18.9 Å². The Labute approximate surface area is 368 Å². The van der Waals surface area contributed by atoms with Crippen LogP contribution in [0.2, 0.25) is 0 Å². The second-order valence-electron chi connectivity index (χ2n) is 14.7. The Morgan fingerprint density at radius 2 is 1.65 bits per heavy atom. The summed E-state index contributed by atoms with van der Waals surface area (Å²) in [7, 11) is 2.90. The molecule has 1 saturated heterocycles. The molecule has 6 rings (SSSR count). The van der Waals surface area contributed by atoms with Gasteiger partial charge in [-0.1, -0.05) is 72.4 Å². The minimum absolute atomic E-state index is 0.194. The van der Waals surface area contributed by atoms with Crippen molar-refractivity contribution in [3.8, 4) is 0 Å². The van der Waals surface area contributed by atoms with Crippen molar-refractivity contribution in [2.45, 2.75) is 67.7 Å². The van der Waals surface area contributed by atoms with Gasteiger partial charge in [0.05, 0.1) is 12.8 Å². The first kappa shape index (κ1) is 45.6. The van der Waals surface area contributed by atoms with Gasteiger partial charge in [0.1, 0.15) is 29.4 Å². The molecule has 4 N–H and O–H groups in total. The highest BCUT2D eigenvalue weighted by Crippen LogP contribution is 2.47. The molecular formula is C40H44N8O11S3. The molecule has 4 aromatic rings. The van der Waals surface area contributed by atoms with E-state index < -0.39 is 64.9 Å². The van der Waals surface area contributed by atoms with Gasteiger partial charge in [-0.25, -0.2) is 19.1 Å². The molecule has 3 atom stereocenters. The molecule has 4 amide bonds. The van der Waals surface area contributed by atoms with Gasteiger partial charge in [0, 0.05) is 35.4 Å². The lowest BCUT2D eigenvalue weighted by Gasteiger charge is -2.55. The summed E-state index contributed by atoms with van der Waals surface area (Å²) in [5.74, 6) is -2.82. The van der Waals surface area contributed by atoms with E-state index in [9.17, 15) is 33.9 Å². The number of carbonyl (C=O) groups is 6. The minimum Gasteiger partial charge on any atom is -0.477 e. The number of carboxylic acids is 1. The van der Waals surface area contributed by atoms with Gasteiger partial charge in [0.25, 0.3) is 11.6 Å². The monoisotopic (exact) mass is 908 g/mol. The number of nitrogens with one attached hydrogen (secondary N) is 3. The summed E-state index contributed by atoms with van der Waals surface area (Å²) in [5, 5.41) is 28.8. The number of amides is 4. The standard InChI is InChI=1S/C40H44N8O11S3/c1-39(2,3)59-38(55)42-32(41-37(54)57-19-18-29(50)58-31(23-12-8-6-9-13-23)24-14-10-7-11-15-24)27-17-16-26(62-27)20-28(49)43-40(56-5)34(53)48-30(33(51)52)25(21-60-35(40)48)22-61-36-44-45-46-47(36)4/h6-17,31-32,35H,18-22H2,1-5H3,(H,41,54)(H,42,55)(H,43,49)(H,51,52)/t32?,35-,40+/m1/s1. The first-order chi connectivity index (χ1) is 29.6. The number of aryl methyl sites for hydroxylation is 1. The van der Waals surface area contributed by atoms with Crippen molar-refractivity contribution in [1.29, 1.82) is 0 Å². The number of ether oxygens (including phenoxy) is 4. The van der Waals surface area contributed by atoms with Gasteiger partial charge in [0.2, 0.25) is 11.1 Å². The van der Waals surface area contributed by atoms with Crippen molar-refractivity contribution in [2.24, 2.45) is 7.05 Å². The molecular weight excluding hydrogens is 865 g/mol. The number of fused-ring (bicyclic) bond motifs is 1. The quantitative estimate of drug-likeness (QED) is 0.0380. The van der Waals surface area contributed by atoms with E-state index in [2.05, 4.69) is 31.5 Å². The number of carbonyl (C=O) groups excluding carboxylic acids is 5. The van der Waals surface area contributed by atoms with Crippen LogP contribution in [0.25, 0.3) is 0 Å². The number of carboxylic acid groups (broad SMARTS) is 1. The molecule has 62 heavy (non-hydrogen) atoms. The number of methoxy groups -OCH3 is 1. The normalized spacial score (nSPS) is 17.7. The number of β-lactam (4-membered cyclic amide) rings is 1. The number of benzene rings is 2. The average Bonchev–Trinajstić information content (AvgIpc) is 3.88. The summed E-state index contributed by atoms with van der Waals surface area (Å²) in [6, 6.07) is 21.6. The number of thiophene rings is 1. The number of esters is 1. The first-order valence-corrected chi connectivity index (χ1v) is 21.9. The SMILES string of the molecule is CO[C@@]1(NC(=O)Cc2ccc(C(NC(=O)OCCC(=O)OC(c3ccccc3)c3ccccc3)NC(=O)OC(C)(C)C)s2)C(=O)N2C(C(=O)O)=C(CSc3nnnn3C)CS[C@@H]21. The lowest BCUT2D eigenvalue weighted by Crippen LogP contribution is -2.80. The predicted octanol–water partition coefficient (Wildman–Crippen LogP) is 4.29. The van der Waals surface area contributed by atoms with Crippen LogP contribution in [0.4, 0.5) is 9.59 Å². The molecule has 0 aliphatic carbocycles. The van der Waals surface area contributed by atoms with Gasteiger partial charge in [-0.05, 0) is 60.0 Å². The van der Waals surface area contributed by atoms with E-state index in [0.29, 0.717) is 20.5 Å². The van der Waals surface area contributed by atoms with Crippen LogP contribution in [-0.4, -0.2) is 108 Å². The fourth-order valence-corrected chi connectivity index (χ4v) is 9.81. The van der Waals surface area contributed by atoms with E-state index >= 15 is 0 Å². The number of hydrogen-bond donors (Lipinski definition) is 4. The lowest BCUT2D eigenvalue weighted by molar-refractivity contribution is -0.192. The third-order valence-electron chi connectivity index (χ3n) is 9.13. The van der Waals surface area contributed by atoms with Gasteiger partial charge in [-0.15, -0.1) is 28.2 Å². The van der Waals surface area contributed by atoms with Crippen molar-refractivity contribution in [3.05, 3.63) is 105 Å². The molecule has 22 heteroatoms. The topological polar surface area (TPSA) is 242 Å². The molecule has 4 heterocycles. The number of tetrazole rings is 1. The molecule has 0 saturated carbocycles. The summed E-state index contributed by atoms with van der Waals surface area (Å²) >= 11 is 3.54. The Balaban J connectivity index is 1.07. The van der Waals surface area contributed by atoms with Crippen LogP contribution in [0.5, 0.6) is 0 Å². The van der Waals surface area contributed by atoms with E-state index in [-0.39, 0.29) is 36.7 Å². The van der Waals surface area contributed by atoms with Crippen molar-refractivity contribution in [1.82, 2.24) is 41.1 Å². The Morgan fingerprint density at radius 3 is 2.24 bits per heavy atom. The molecule has 1 unspecified atom stereocenters. The second kappa shape index (κ2) is 19.8. The van der Waals surface area contributed by atoms with Crippen molar-refractivity contribution in [2.75, 3.05) is 25.2 Å². The van der Waals surface area contributed by atoms with Gasteiger partial charge in [0.15, 0.2) is 6.10 Å². The van der Waals surface area contributed by atoms with Crippen molar-refractivity contribution >= 4 is 70.8 Å². The first-order valence-electron chi connectivity index (χ1n) is 19.0. The molecule has 1 fully saturated rings. The van der Waals surface area contributed by atoms with Crippen LogP contribution in [-0.2, 0) is 51.6 Å². The van der Waals surface area contributed by atoms with E-state index in [1.165, 1.54) is 35.3 Å². The van der Waals surface area contributed by atoms with Gasteiger partial charge in [-0.3, -0.25) is 29.9 Å². The molecule has 0 radical (unpaired) electrons. The smallest absolute Gasteiger partial charge is 0.409 e. The summed E-state index contributed by atoms with van der Waals surface area (Å²) in [6.45, 7) is 4.68. The van der Waals surface area contributed by atoms with Gasteiger partial charge < -0.3 is 29.4 Å². The van der Waals surface area contributed by atoms with Crippen molar-refractivity contribution < 1.29 is 52.8 Å². The number of thioether (sulfide) groups is 2. The molecule has 0 spiro atoms. The van der Waals surface area contributed by atoms with E-state index in [0.717, 1.165) is 27.4 Å². The maximum atomic E-state index is 13.7. The number of rotatable bonds is 17. The average molecular weight is 909 g/mol. The Bertz CT molecular complexity index is 2280. The molecule has 2 aliphatic heterocycles. The second-order valence-corrected chi connectivity index (χ2v) is 18.0. The molecule has 328 valence electrons. The van der Waals surface area contributed by atoms with Gasteiger partial charge in [-0.2, -0.15) is 0 Å². The molecule has 19 nitrogen and oxygen atoms in total. The minimum atomic E-state index is -1.84. The predicted molar refractivity (Wildman–Crippen MR) is 225 cm³/mol. The van der Waals surface area contributed by atoms with Crippen LogP contribution < -0.4 is 16.0 Å². The highest BCUT2D eigenvalue weighted by Gasteiger charge is 2.66. The number of aliphatic carboxylic acids is 1. The highest BCUT2D eigenvalue weighted by atomic mass is 32.2. The van der Waals surface area contributed by atoms with Crippen LogP contribution in [0.15, 0.2) is 89.2 Å². The third-order valence-corrected chi connectivity index (χ3v) is 12.8. The zero-order valence-corrected chi connectivity index (χ0v) is 36.6. The number of nitrogens with zero attached hydrogens (tertiary/aromatic N) is 5. The fraction of sp³-hybridized carbons (Fsp3) is 0.375. The van der Waals surface area contributed by atoms with Crippen LogP contribution in [0, 0.1) is 0 Å².